The van der Waals surface area contributed by atoms with Crippen LogP contribution in [0.4, 0.5) is 0 Å². The maximum absolute atomic E-state index is 5.69. The molecule has 0 aliphatic carbocycles. The lowest BCUT2D eigenvalue weighted by Crippen LogP contribution is -2.22. The molecule has 0 bridgehead atoms. The lowest BCUT2D eigenvalue weighted by Gasteiger charge is -2.15. The normalized spacial score (nSPS) is 11.4. The van der Waals surface area contributed by atoms with Gasteiger partial charge in [-0.1, -0.05) is 38.1 Å². The van der Waals surface area contributed by atoms with Gasteiger partial charge in [0, 0.05) is 12.4 Å². The van der Waals surface area contributed by atoms with Crippen molar-refractivity contribution in [1.82, 2.24) is 4.90 Å². The standard InChI is InChI=1S/C16H26ClN/c1-14(2)13-16-7-5-15(6-8-16)9-12-18(3)11-4-10-17/h5-8,14H,4,9-13H2,1-3H3. The molecule has 1 aromatic rings. The Hall–Kier alpha value is -0.530. The molecule has 0 aliphatic heterocycles. The maximum atomic E-state index is 5.69. The van der Waals surface area contributed by atoms with Crippen LogP contribution in [0.3, 0.4) is 0 Å². The first-order valence-corrected chi connectivity index (χ1v) is 7.47. The van der Waals surface area contributed by atoms with Gasteiger partial charge in [0.05, 0.1) is 0 Å². The minimum absolute atomic E-state index is 0.734. The zero-order chi connectivity index (χ0) is 13.4. The van der Waals surface area contributed by atoms with Crippen molar-refractivity contribution in [2.45, 2.75) is 33.1 Å². The molecule has 0 fully saturated rings. The van der Waals surface area contributed by atoms with Crippen LogP contribution < -0.4 is 0 Å². The maximum Gasteiger partial charge on any atom is 0.0235 e. The highest BCUT2D eigenvalue weighted by Gasteiger charge is 2.01. The molecule has 1 aromatic carbocycles. The molecule has 0 spiro atoms. The van der Waals surface area contributed by atoms with E-state index in [1.165, 1.54) is 17.5 Å². The monoisotopic (exact) mass is 267 g/mol. The lowest BCUT2D eigenvalue weighted by molar-refractivity contribution is 0.340. The smallest absolute Gasteiger partial charge is 0.0235 e. The lowest BCUT2D eigenvalue weighted by atomic mass is 10.0. The third kappa shape index (κ3) is 6.42. The van der Waals surface area contributed by atoms with Crippen LogP contribution in [0.25, 0.3) is 0 Å². The summed E-state index contributed by atoms with van der Waals surface area (Å²) in [5.41, 5.74) is 2.88. The molecule has 0 aliphatic rings. The summed E-state index contributed by atoms with van der Waals surface area (Å²) < 4.78 is 0. The topological polar surface area (TPSA) is 3.24 Å². The molecular formula is C16H26ClN. The van der Waals surface area contributed by atoms with Gasteiger partial charge in [-0.05, 0) is 49.9 Å². The first-order valence-electron chi connectivity index (χ1n) is 6.94. The molecule has 18 heavy (non-hydrogen) atoms. The summed E-state index contributed by atoms with van der Waals surface area (Å²) in [6, 6.07) is 9.09. The van der Waals surface area contributed by atoms with Crippen molar-refractivity contribution in [2.75, 3.05) is 26.0 Å². The fraction of sp³-hybridized carbons (Fsp3) is 0.625. The second kappa shape index (κ2) is 8.55. The van der Waals surface area contributed by atoms with Crippen molar-refractivity contribution in [3.05, 3.63) is 35.4 Å². The van der Waals surface area contributed by atoms with E-state index in [-0.39, 0.29) is 0 Å². The summed E-state index contributed by atoms with van der Waals surface area (Å²) in [5, 5.41) is 0. The molecule has 0 heterocycles. The molecule has 2 heteroatoms. The molecule has 1 rings (SSSR count). The highest BCUT2D eigenvalue weighted by Crippen LogP contribution is 2.10. The number of rotatable bonds is 8. The van der Waals surface area contributed by atoms with E-state index in [9.17, 15) is 0 Å². The van der Waals surface area contributed by atoms with Crippen molar-refractivity contribution in [3.8, 4) is 0 Å². The second-order valence-electron chi connectivity index (χ2n) is 5.51. The predicted molar refractivity (Wildman–Crippen MR) is 81.5 cm³/mol. The fourth-order valence-corrected chi connectivity index (χ4v) is 2.19. The molecule has 0 saturated carbocycles. The Bertz CT molecular complexity index is 318. The third-order valence-corrected chi connectivity index (χ3v) is 3.39. The Labute approximate surface area is 117 Å². The van der Waals surface area contributed by atoms with Crippen LogP contribution in [0, 0.1) is 5.92 Å². The average Bonchev–Trinajstić information content (AvgIpc) is 2.35. The summed E-state index contributed by atoms with van der Waals surface area (Å²) in [6.07, 6.45) is 3.38. The summed E-state index contributed by atoms with van der Waals surface area (Å²) in [5.74, 6) is 1.49. The van der Waals surface area contributed by atoms with Crippen molar-refractivity contribution in [2.24, 2.45) is 5.92 Å². The first kappa shape index (κ1) is 15.5. The molecule has 0 amide bonds. The van der Waals surface area contributed by atoms with E-state index in [0.717, 1.165) is 37.7 Å². The van der Waals surface area contributed by atoms with E-state index in [4.69, 9.17) is 11.6 Å². The number of alkyl halides is 1. The van der Waals surface area contributed by atoms with Gasteiger partial charge in [0.1, 0.15) is 0 Å². The molecule has 0 unspecified atom stereocenters. The van der Waals surface area contributed by atoms with Crippen LogP contribution >= 0.6 is 11.6 Å². The van der Waals surface area contributed by atoms with E-state index in [1.54, 1.807) is 0 Å². The van der Waals surface area contributed by atoms with Crippen LogP contribution in [0.5, 0.6) is 0 Å². The van der Waals surface area contributed by atoms with Gasteiger partial charge < -0.3 is 4.90 Å². The molecular weight excluding hydrogens is 242 g/mol. The molecule has 0 N–H and O–H groups in total. The molecule has 0 atom stereocenters. The summed E-state index contributed by atoms with van der Waals surface area (Å²) in [6.45, 7) is 6.73. The van der Waals surface area contributed by atoms with E-state index in [0.29, 0.717) is 0 Å². The molecule has 1 nitrogen and oxygen atoms in total. The first-order chi connectivity index (χ1) is 8.61. The number of hydrogen-bond donors (Lipinski definition) is 0. The van der Waals surface area contributed by atoms with Gasteiger partial charge in [-0.15, -0.1) is 11.6 Å². The van der Waals surface area contributed by atoms with Gasteiger partial charge in [-0.2, -0.15) is 0 Å². The predicted octanol–water partition coefficient (Wildman–Crippen LogP) is 3.99. The Kier molecular flexibility index (Phi) is 7.38. The number of hydrogen-bond acceptors (Lipinski definition) is 1. The van der Waals surface area contributed by atoms with E-state index in [2.05, 4.69) is 50.1 Å². The van der Waals surface area contributed by atoms with Gasteiger partial charge in [0.15, 0.2) is 0 Å². The minimum Gasteiger partial charge on any atom is -0.306 e. The van der Waals surface area contributed by atoms with E-state index < -0.39 is 0 Å². The van der Waals surface area contributed by atoms with Crippen molar-refractivity contribution in [3.63, 3.8) is 0 Å². The minimum atomic E-state index is 0.734. The van der Waals surface area contributed by atoms with Crippen LogP contribution in [-0.2, 0) is 12.8 Å². The van der Waals surface area contributed by atoms with Crippen LogP contribution in [0.15, 0.2) is 24.3 Å². The highest BCUT2D eigenvalue weighted by molar-refractivity contribution is 6.17. The van der Waals surface area contributed by atoms with Crippen LogP contribution in [-0.4, -0.2) is 30.9 Å². The Morgan fingerprint density at radius 2 is 1.67 bits per heavy atom. The van der Waals surface area contributed by atoms with Gasteiger partial charge in [-0.3, -0.25) is 0 Å². The second-order valence-corrected chi connectivity index (χ2v) is 5.89. The highest BCUT2D eigenvalue weighted by atomic mass is 35.5. The largest absolute Gasteiger partial charge is 0.306 e. The summed E-state index contributed by atoms with van der Waals surface area (Å²) >= 11 is 5.69. The van der Waals surface area contributed by atoms with E-state index in [1.807, 2.05) is 0 Å². The number of benzene rings is 1. The fourth-order valence-electron chi connectivity index (χ4n) is 2.07. The molecule has 102 valence electrons. The zero-order valence-corrected chi connectivity index (χ0v) is 12.7. The zero-order valence-electron chi connectivity index (χ0n) is 12.0. The van der Waals surface area contributed by atoms with Crippen LogP contribution in [0.2, 0.25) is 0 Å². The number of nitrogens with zero attached hydrogens (tertiary/aromatic N) is 1. The Morgan fingerprint density at radius 3 is 2.22 bits per heavy atom. The third-order valence-electron chi connectivity index (χ3n) is 3.12. The van der Waals surface area contributed by atoms with Crippen LogP contribution in [0.1, 0.15) is 31.4 Å². The quantitative estimate of drug-likeness (QED) is 0.644. The SMILES string of the molecule is CC(C)Cc1ccc(CCN(C)CCCCl)cc1. The van der Waals surface area contributed by atoms with E-state index >= 15 is 0 Å². The van der Waals surface area contributed by atoms with Gasteiger partial charge in [0.25, 0.3) is 0 Å². The van der Waals surface area contributed by atoms with Crippen molar-refractivity contribution in [1.29, 1.82) is 0 Å². The van der Waals surface area contributed by atoms with Crippen molar-refractivity contribution < 1.29 is 0 Å². The summed E-state index contributed by atoms with van der Waals surface area (Å²) in [7, 11) is 2.17. The average molecular weight is 268 g/mol. The van der Waals surface area contributed by atoms with Gasteiger partial charge >= 0.3 is 0 Å². The molecule has 0 radical (unpaired) electrons. The molecule has 0 saturated heterocycles. The molecule has 0 aromatic heterocycles. The number of halogens is 1. The van der Waals surface area contributed by atoms with Gasteiger partial charge in [-0.25, -0.2) is 0 Å². The summed E-state index contributed by atoms with van der Waals surface area (Å²) in [4.78, 5) is 2.35. The van der Waals surface area contributed by atoms with Crippen molar-refractivity contribution >= 4 is 11.6 Å². The van der Waals surface area contributed by atoms with Gasteiger partial charge in [0.2, 0.25) is 0 Å². The number of likely N-dealkylation sites (N-methyl/N-ethyl adjacent to an activating group) is 1. The Morgan fingerprint density at radius 1 is 1.06 bits per heavy atom. The Balaban J connectivity index is 2.34.